The number of benzene rings is 1. The summed E-state index contributed by atoms with van der Waals surface area (Å²) in [6, 6.07) is 0.442. The number of carbonyl (C=O) groups is 2. The number of halogens is 2. The van der Waals surface area contributed by atoms with E-state index < -0.39 is 29.2 Å². The van der Waals surface area contributed by atoms with Gasteiger partial charge in [0.1, 0.15) is 17.2 Å². The van der Waals surface area contributed by atoms with Gasteiger partial charge < -0.3 is 15.7 Å². The molecule has 2 amide bonds. The lowest BCUT2D eigenvalue weighted by Gasteiger charge is -2.11. The van der Waals surface area contributed by atoms with Gasteiger partial charge in [-0.1, -0.05) is 6.08 Å². The first-order valence-corrected chi connectivity index (χ1v) is 5.27. The number of amides is 2. The third-order valence-corrected chi connectivity index (χ3v) is 2.23. The smallest absolute Gasteiger partial charge is 0.341 e. The van der Waals surface area contributed by atoms with Crippen LogP contribution in [0.15, 0.2) is 24.8 Å². The molecule has 0 spiro atoms. The van der Waals surface area contributed by atoms with Gasteiger partial charge >= 0.3 is 12.0 Å². The van der Waals surface area contributed by atoms with Crippen LogP contribution >= 0.6 is 0 Å². The zero-order chi connectivity index (χ0) is 14.6. The van der Waals surface area contributed by atoms with Crippen molar-refractivity contribution in [2.75, 3.05) is 5.32 Å². The minimum atomic E-state index is -1.72. The topological polar surface area (TPSA) is 78.4 Å². The van der Waals surface area contributed by atoms with Crippen LogP contribution in [-0.4, -0.2) is 23.1 Å². The first-order chi connectivity index (χ1) is 8.85. The molecule has 1 unspecified atom stereocenters. The van der Waals surface area contributed by atoms with Crippen molar-refractivity contribution in [2.45, 2.75) is 13.0 Å². The second-order valence-corrected chi connectivity index (χ2v) is 3.74. The maximum atomic E-state index is 13.3. The largest absolute Gasteiger partial charge is 0.477 e. The van der Waals surface area contributed by atoms with E-state index >= 15 is 0 Å². The molecule has 1 aromatic rings. The van der Waals surface area contributed by atoms with E-state index in [2.05, 4.69) is 17.2 Å². The summed E-state index contributed by atoms with van der Waals surface area (Å²) >= 11 is 0. The van der Waals surface area contributed by atoms with Crippen molar-refractivity contribution in [3.05, 3.63) is 42.0 Å². The van der Waals surface area contributed by atoms with Gasteiger partial charge in [-0.2, -0.15) is 0 Å². The van der Waals surface area contributed by atoms with Crippen LogP contribution in [0.3, 0.4) is 0 Å². The molecular formula is C12H12F2N2O3. The minimum Gasteiger partial charge on any atom is -0.477 e. The molecule has 0 bridgehead atoms. The van der Waals surface area contributed by atoms with Crippen LogP contribution in [0, 0.1) is 11.6 Å². The van der Waals surface area contributed by atoms with Crippen molar-refractivity contribution in [1.29, 1.82) is 0 Å². The number of aromatic carboxylic acids is 1. The third kappa shape index (κ3) is 3.77. The number of hydrogen-bond acceptors (Lipinski definition) is 2. The number of nitrogens with one attached hydrogen (secondary N) is 2. The second-order valence-electron chi connectivity index (χ2n) is 3.74. The SMILES string of the molecule is C=CC(C)NC(=O)Nc1cc(F)c(C(=O)O)c(F)c1. The number of anilines is 1. The Morgan fingerprint density at radius 3 is 2.32 bits per heavy atom. The van der Waals surface area contributed by atoms with Crippen LogP contribution in [0.4, 0.5) is 19.3 Å². The quantitative estimate of drug-likeness (QED) is 0.735. The van der Waals surface area contributed by atoms with Gasteiger partial charge in [-0.05, 0) is 19.1 Å². The lowest BCUT2D eigenvalue weighted by molar-refractivity contribution is 0.0686. The molecule has 1 aromatic carbocycles. The third-order valence-electron chi connectivity index (χ3n) is 2.23. The van der Waals surface area contributed by atoms with Gasteiger partial charge in [0.05, 0.1) is 0 Å². The Bertz CT molecular complexity index is 509. The van der Waals surface area contributed by atoms with E-state index in [0.29, 0.717) is 0 Å². The zero-order valence-electron chi connectivity index (χ0n) is 10.0. The molecule has 19 heavy (non-hydrogen) atoms. The van der Waals surface area contributed by atoms with Crippen molar-refractivity contribution in [3.8, 4) is 0 Å². The molecule has 0 aliphatic rings. The maximum absolute atomic E-state index is 13.3. The van der Waals surface area contributed by atoms with Crippen LogP contribution < -0.4 is 10.6 Å². The van der Waals surface area contributed by atoms with Gasteiger partial charge in [0.25, 0.3) is 0 Å². The van der Waals surface area contributed by atoms with Crippen LogP contribution in [-0.2, 0) is 0 Å². The molecule has 0 aromatic heterocycles. The van der Waals surface area contributed by atoms with Gasteiger partial charge in [-0.25, -0.2) is 18.4 Å². The molecule has 1 atom stereocenters. The second kappa shape index (κ2) is 5.94. The lowest BCUT2D eigenvalue weighted by Crippen LogP contribution is -2.34. The molecule has 0 aliphatic heterocycles. The van der Waals surface area contributed by atoms with E-state index in [-0.39, 0.29) is 11.7 Å². The summed E-state index contributed by atoms with van der Waals surface area (Å²) in [6.45, 7) is 5.11. The highest BCUT2D eigenvalue weighted by Gasteiger charge is 2.18. The molecular weight excluding hydrogens is 258 g/mol. The average Bonchev–Trinajstić information content (AvgIpc) is 2.26. The number of urea groups is 1. The Morgan fingerprint density at radius 2 is 1.89 bits per heavy atom. The van der Waals surface area contributed by atoms with E-state index in [1.807, 2.05) is 0 Å². The molecule has 0 fully saturated rings. The summed E-state index contributed by atoms with van der Waals surface area (Å²) in [6.07, 6.45) is 1.47. The van der Waals surface area contributed by atoms with E-state index in [1.165, 1.54) is 6.08 Å². The van der Waals surface area contributed by atoms with E-state index in [4.69, 9.17) is 5.11 Å². The monoisotopic (exact) mass is 270 g/mol. The summed E-state index contributed by atoms with van der Waals surface area (Å²) in [4.78, 5) is 22.0. The molecule has 102 valence electrons. The minimum absolute atomic E-state index is 0.186. The van der Waals surface area contributed by atoms with Gasteiger partial charge in [-0.3, -0.25) is 0 Å². The first-order valence-electron chi connectivity index (χ1n) is 5.27. The number of carboxylic acids is 1. The highest BCUT2D eigenvalue weighted by molar-refractivity contribution is 5.92. The fourth-order valence-corrected chi connectivity index (χ4v) is 1.28. The van der Waals surface area contributed by atoms with Crippen molar-refractivity contribution < 1.29 is 23.5 Å². The number of rotatable bonds is 4. The summed E-state index contributed by atoms with van der Waals surface area (Å²) in [5.41, 5.74) is -1.25. The molecule has 0 aliphatic carbocycles. The van der Waals surface area contributed by atoms with Gasteiger partial charge in [0.2, 0.25) is 0 Å². The van der Waals surface area contributed by atoms with Crippen molar-refractivity contribution >= 4 is 17.7 Å². The summed E-state index contributed by atoms with van der Waals surface area (Å²) in [5.74, 6) is -4.24. The van der Waals surface area contributed by atoms with E-state index in [1.54, 1.807) is 6.92 Å². The highest BCUT2D eigenvalue weighted by atomic mass is 19.1. The van der Waals surface area contributed by atoms with Crippen molar-refractivity contribution in [2.24, 2.45) is 0 Å². The predicted molar refractivity (Wildman–Crippen MR) is 65.1 cm³/mol. The number of hydrogen-bond donors (Lipinski definition) is 3. The van der Waals surface area contributed by atoms with E-state index in [9.17, 15) is 18.4 Å². The standard InChI is InChI=1S/C12H12F2N2O3/c1-3-6(2)15-12(19)16-7-4-8(13)10(11(17)18)9(14)5-7/h3-6H,1H2,2H3,(H,17,18)(H2,15,16,19). The maximum Gasteiger partial charge on any atom is 0.341 e. The first kappa shape index (κ1) is 14.6. The fourth-order valence-electron chi connectivity index (χ4n) is 1.28. The van der Waals surface area contributed by atoms with Crippen molar-refractivity contribution in [3.63, 3.8) is 0 Å². The van der Waals surface area contributed by atoms with Crippen LogP contribution in [0.2, 0.25) is 0 Å². The Labute approximate surface area is 107 Å². The van der Waals surface area contributed by atoms with E-state index in [0.717, 1.165) is 12.1 Å². The molecule has 0 saturated heterocycles. The molecule has 0 saturated carbocycles. The molecule has 3 N–H and O–H groups in total. The Hall–Kier alpha value is -2.44. The van der Waals surface area contributed by atoms with Crippen LogP contribution in [0.25, 0.3) is 0 Å². The normalized spacial score (nSPS) is 11.5. The molecule has 5 nitrogen and oxygen atoms in total. The summed E-state index contributed by atoms with van der Waals surface area (Å²) < 4.78 is 26.7. The Balaban J connectivity index is 2.89. The molecule has 0 radical (unpaired) electrons. The predicted octanol–water partition coefficient (Wildman–Crippen LogP) is 2.36. The average molecular weight is 270 g/mol. The summed E-state index contributed by atoms with van der Waals surface area (Å²) in [7, 11) is 0. The zero-order valence-corrected chi connectivity index (χ0v) is 10.0. The fraction of sp³-hybridized carbons (Fsp3) is 0.167. The van der Waals surface area contributed by atoms with Gasteiger partial charge in [-0.15, -0.1) is 6.58 Å². The summed E-state index contributed by atoms with van der Waals surface area (Å²) in [5, 5.41) is 13.2. The van der Waals surface area contributed by atoms with Crippen LogP contribution in [0.1, 0.15) is 17.3 Å². The lowest BCUT2D eigenvalue weighted by atomic mass is 10.2. The molecule has 7 heteroatoms. The Kier molecular flexibility index (Phi) is 4.57. The van der Waals surface area contributed by atoms with Crippen LogP contribution in [0.5, 0.6) is 0 Å². The van der Waals surface area contributed by atoms with Crippen molar-refractivity contribution in [1.82, 2.24) is 5.32 Å². The number of carbonyl (C=O) groups excluding carboxylic acids is 1. The number of carboxylic acid groups (broad SMARTS) is 1. The van der Waals surface area contributed by atoms with Gasteiger partial charge in [0.15, 0.2) is 0 Å². The van der Waals surface area contributed by atoms with Gasteiger partial charge in [0, 0.05) is 11.7 Å². The Morgan fingerprint density at radius 1 is 1.37 bits per heavy atom. The molecule has 1 rings (SSSR count). The molecule has 0 heterocycles. The highest BCUT2D eigenvalue weighted by Crippen LogP contribution is 2.18.